The van der Waals surface area contributed by atoms with Crippen molar-refractivity contribution in [2.75, 3.05) is 0 Å². The van der Waals surface area contributed by atoms with Crippen LogP contribution in [-0.2, 0) is 4.74 Å². The van der Waals surface area contributed by atoms with Gasteiger partial charge in [0.25, 0.3) is 0 Å². The molecule has 0 aromatic heterocycles. The first-order chi connectivity index (χ1) is 7.57. The molecule has 1 aromatic carbocycles. The van der Waals surface area contributed by atoms with E-state index in [-0.39, 0.29) is 12.2 Å². The smallest absolute Gasteiger partial charge is 0.0864 e. The second kappa shape index (κ2) is 4.56. The Bertz CT molecular complexity index is 326. The number of hydrogen-bond acceptors (Lipinski definition) is 2. The molecule has 0 aliphatic carbocycles. The maximum absolute atomic E-state index is 9.98. The van der Waals surface area contributed by atoms with Gasteiger partial charge in [-0.05, 0) is 38.7 Å². The summed E-state index contributed by atoms with van der Waals surface area (Å²) in [5, 5.41) is 9.98. The molecule has 2 atom stereocenters. The summed E-state index contributed by atoms with van der Waals surface area (Å²) in [7, 11) is 0. The lowest BCUT2D eigenvalue weighted by Crippen LogP contribution is -2.41. The van der Waals surface area contributed by atoms with Gasteiger partial charge in [-0.1, -0.05) is 30.3 Å². The molecule has 1 heterocycles. The van der Waals surface area contributed by atoms with Gasteiger partial charge in [0.1, 0.15) is 0 Å². The van der Waals surface area contributed by atoms with Crippen LogP contribution in [0.4, 0.5) is 0 Å². The van der Waals surface area contributed by atoms with E-state index in [0.717, 1.165) is 19.3 Å². The van der Waals surface area contributed by atoms with Crippen LogP contribution in [0, 0.1) is 0 Å². The van der Waals surface area contributed by atoms with Crippen LogP contribution in [0.3, 0.4) is 0 Å². The Balaban J connectivity index is 2.08. The van der Waals surface area contributed by atoms with Crippen molar-refractivity contribution >= 4 is 0 Å². The van der Waals surface area contributed by atoms with Gasteiger partial charge in [-0.3, -0.25) is 0 Å². The van der Waals surface area contributed by atoms with E-state index in [9.17, 15) is 5.11 Å². The normalized spacial score (nSPS) is 26.7. The lowest BCUT2D eigenvalue weighted by Gasteiger charge is -2.37. The quantitative estimate of drug-likeness (QED) is 0.830. The fraction of sp³-hybridized carbons (Fsp3) is 0.571. The average molecular weight is 220 g/mol. The number of rotatable bonds is 2. The lowest BCUT2D eigenvalue weighted by atomic mass is 9.91. The van der Waals surface area contributed by atoms with Gasteiger partial charge in [0, 0.05) is 0 Å². The van der Waals surface area contributed by atoms with Crippen molar-refractivity contribution in [3.8, 4) is 0 Å². The van der Waals surface area contributed by atoms with Gasteiger partial charge in [-0.25, -0.2) is 0 Å². The molecule has 0 spiro atoms. The standard InChI is InChI=1S/C14H20O2/c1-14(2,15)13-10-6-9-12(16-13)11-7-4-3-5-8-11/h3-5,7-8,12-13,15H,6,9-10H2,1-2H3/t12-,13+/m1/s1. The first-order valence-electron chi connectivity index (χ1n) is 6.00. The minimum atomic E-state index is -0.743. The zero-order valence-electron chi connectivity index (χ0n) is 10.0. The zero-order chi connectivity index (χ0) is 11.6. The summed E-state index contributed by atoms with van der Waals surface area (Å²) in [6, 6.07) is 10.3. The summed E-state index contributed by atoms with van der Waals surface area (Å²) in [5.74, 6) is 0. The third-order valence-electron chi connectivity index (χ3n) is 3.22. The SMILES string of the molecule is CC(C)(O)[C@@H]1CCC[C@H](c2ccccc2)O1. The van der Waals surface area contributed by atoms with Crippen molar-refractivity contribution in [2.45, 2.75) is 50.9 Å². The highest BCUT2D eigenvalue weighted by molar-refractivity contribution is 5.18. The molecule has 1 N–H and O–H groups in total. The Kier molecular flexibility index (Phi) is 3.31. The second-order valence-corrected chi connectivity index (χ2v) is 5.11. The molecular weight excluding hydrogens is 200 g/mol. The molecule has 0 saturated carbocycles. The second-order valence-electron chi connectivity index (χ2n) is 5.11. The van der Waals surface area contributed by atoms with Crippen molar-refractivity contribution in [1.29, 1.82) is 0 Å². The summed E-state index contributed by atoms with van der Waals surface area (Å²) in [6.45, 7) is 3.65. The third kappa shape index (κ3) is 2.63. The van der Waals surface area contributed by atoms with Crippen LogP contribution in [0.2, 0.25) is 0 Å². The summed E-state index contributed by atoms with van der Waals surface area (Å²) in [4.78, 5) is 0. The van der Waals surface area contributed by atoms with Crippen LogP contribution in [0.15, 0.2) is 30.3 Å². The minimum absolute atomic E-state index is 0.0496. The van der Waals surface area contributed by atoms with E-state index in [0.29, 0.717) is 0 Å². The fourth-order valence-electron chi connectivity index (χ4n) is 2.26. The highest BCUT2D eigenvalue weighted by atomic mass is 16.5. The Morgan fingerprint density at radius 3 is 2.50 bits per heavy atom. The molecular formula is C14H20O2. The maximum Gasteiger partial charge on any atom is 0.0864 e. The molecule has 2 nitrogen and oxygen atoms in total. The highest BCUT2D eigenvalue weighted by Crippen LogP contribution is 2.34. The maximum atomic E-state index is 9.98. The summed E-state index contributed by atoms with van der Waals surface area (Å²) >= 11 is 0. The van der Waals surface area contributed by atoms with E-state index < -0.39 is 5.60 Å². The number of hydrogen-bond donors (Lipinski definition) is 1. The summed E-state index contributed by atoms with van der Waals surface area (Å²) in [6.07, 6.45) is 3.22. The molecule has 1 aromatic rings. The monoisotopic (exact) mass is 220 g/mol. The molecule has 16 heavy (non-hydrogen) atoms. The topological polar surface area (TPSA) is 29.5 Å². The first-order valence-corrected chi connectivity index (χ1v) is 6.00. The minimum Gasteiger partial charge on any atom is -0.388 e. The van der Waals surface area contributed by atoms with Crippen LogP contribution in [0.25, 0.3) is 0 Å². The Morgan fingerprint density at radius 1 is 1.19 bits per heavy atom. The van der Waals surface area contributed by atoms with Gasteiger partial charge >= 0.3 is 0 Å². The molecule has 0 radical (unpaired) electrons. The van der Waals surface area contributed by atoms with Gasteiger partial charge in [-0.2, -0.15) is 0 Å². The Hall–Kier alpha value is -0.860. The van der Waals surface area contributed by atoms with Gasteiger partial charge in [0.15, 0.2) is 0 Å². The van der Waals surface area contributed by atoms with Gasteiger partial charge < -0.3 is 9.84 Å². The van der Waals surface area contributed by atoms with Crippen molar-refractivity contribution in [1.82, 2.24) is 0 Å². The molecule has 0 unspecified atom stereocenters. The van der Waals surface area contributed by atoms with E-state index in [4.69, 9.17) is 4.74 Å². The molecule has 2 heteroatoms. The average Bonchev–Trinajstić information content (AvgIpc) is 2.29. The Morgan fingerprint density at radius 2 is 1.88 bits per heavy atom. The van der Waals surface area contributed by atoms with E-state index >= 15 is 0 Å². The zero-order valence-corrected chi connectivity index (χ0v) is 10.0. The largest absolute Gasteiger partial charge is 0.388 e. The van der Waals surface area contributed by atoms with E-state index in [2.05, 4.69) is 12.1 Å². The van der Waals surface area contributed by atoms with Crippen molar-refractivity contribution in [2.24, 2.45) is 0 Å². The van der Waals surface area contributed by atoms with Crippen LogP contribution in [-0.4, -0.2) is 16.8 Å². The summed E-state index contributed by atoms with van der Waals surface area (Å²) in [5.41, 5.74) is 0.476. The number of aliphatic hydroxyl groups is 1. The molecule has 1 aliphatic rings. The Labute approximate surface area is 97.3 Å². The van der Waals surface area contributed by atoms with Crippen LogP contribution in [0.5, 0.6) is 0 Å². The van der Waals surface area contributed by atoms with Crippen molar-refractivity contribution in [3.05, 3.63) is 35.9 Å². The molecule has 2 rings (SSSR count). The highest BCUT2D eigenvalue weighted by Gasteiger charge is 2.33. The lowest BCUT2D eigenvalue weighted by molar-refractivity contribution is -0.143. The number of benzene rings is 1. The first kappa shape index (κ1) is 11.6. The molecule has 0 bridgehead atoms. The molecule has 0 amide bonds. The van der Waals surface area contributed by atoms with E-state index in [1.54, 1.807) is 0 Å². The van der Waals surface area contributed by atoms with E-state index in [1.807, 2.05) is 32.0 Å². The molecule has 1 saturated heterocycles. The van der Waals surface area contributed by atoms with Crippen molar-refractivity contribution < 1.29 is 9.84 Å². The summed E-state index contributed by atoms with van der Waals surface area (Å²) < 4.78 is 5.99. The third-order valence-corrected chi connectivity index (χ3v) is 3.22. The molecule has 1 aliphatic heterocycles. The van der Waals surface area contributed by atoms with Crippen LogP contribution >= 0.6 is 0 Å². The van der Waals surface area contributed by atoms with Gasteiger partial charge in [-0.15, -0.1) is 0 Å². The fourth-order valence-corrected chi connectivity index (χ4v) is 2.26. The molecule has 88 valence electrons. The van der Waals surface area contributed by atoms with Gasteiger partial charge in [0.2, 0.25) is 0 Å². The van der Waals surface area contributed by atoms with Gasteiger partial charge in [0.05, 0.1) is 17.8 Å². The predicted molar refractivity (Wildman–Crippen MR) is 64.2 cm³/mol. The van der Waals surface area contributed by atoms with Crippen LogP contribution < -0.4 is 0 Å². The van der Waals surface area contributed by atoms with Crippen molar-refractivity contribution in [3.63, 3.8) is 0 Å². The predicted octanol–water partition coefficient (Wildman–Crippen LogP) is 3.07. The number of ether oxygens (including phenoxy) is 1. The van der Waals surface area contributed by atoms with E-state index in [1.165, 1.54) is 5.56 Å². The van der Waals surface area contributed by atoms with Crippen LogP contribution in [0.1, 0.15) is 44.8 Å². The molecule has 1 fully saturated rings.